The summed E-state index contributed by atoms with van der Waals surface area (Å²) in [5.74, 6) is 0. The maximum absolute atomic E-state index is 3.62. The van der Waals surface area contributed by atoms with E-state index in [0.29, 0.717) is 0 Å². The zero-order chi connectivity index (χ0) is 9.68. The maximum atomic E-state index is 3.62. The normalized spacial score (nSPS) is 28.6. The molecule has 1 aliphatic carbocycles. The van der Waals surface area contributed by atoms with Crippen molar-refractivity contribution in [3.05, 3.63) is 0 Å². The SMILES string of the molecule is CSC1CCC(NCCN(C)C)C1. The number of hydrogen-bond donors (Lipinski definition) is 1. The van der Waals surface area contributed by atoms with Gasteiger partial charge in [0.1, 0.15) is 0 Å². The minimum atomic E-state index is 0.789. The Morgan fingerprint density at radius 3 is 2.69 bits per heavy atom. The fourth-order valence-electron chi connectivity index (χ4n) is 1.83. The lowest BCUT2D eigenvalue weighted by molar-refractivity contribution is 0.384. The average Bonchev–Trinajstić information content (AvgIpc) is 2.52. The van der Waals surface area contributed by atoms with E-state index in [9.17, 15) is 0 Å². The molecule has 2 atom stereocenters. The number of nitrogens with zero attached hydrogens (tertiary/aromatic N) is 1. The molecule has 0 heterocycles. The van der Waals surface area contributed by atoms with Crippen LogP contribution in [0.4, 0.5) is 0 Å². The second-order valence-electron chi connectivity index (χ2n) is 4.13. The van der Waals surface area contributed by atoms with Crippen LogP contribution in [0.2, 0.25) is 0 Å². The van der Waals surface area contributed by atoms with Gasteiger partial charge in [0, 0.05) is 24.4 Å². The third-order valence-electron chi connectivity index (χ3n) is 2.71. The highest BCUT2D eigenvalue weighted by molar-refractivity contribution is 7.99. The Morgan fingerprint density at radius 1 is 1.38 bits per heavy atom. The van der Waals surface area contributed by atoms with Crippen molar-refractivity contribution in [2.24, 2.45) is 0 Å². The number of rotatable bonds is 5. The molecular weight excluding hydrogens is 180 g/mol. The van der Waals surface area contributed by atoms with Crippen LogP contribution in [-0.2, 0) is 0 Å². The predicted molar refractivity (Wildman–Crippen MR) is 61.5 cm³/mol. The first-order valence-corrected chi connectivity index (χ1v) is 6.42. The lowest BCUT2D eigenvalue weighted by atomic mass is 10.2. The minimum Gasteiger partial charge on any atom is -0.313 e. The maximum Gasteiger partial charge on any atom is 0.0101 e. The van der Waals surface area contributed by atoms with E-state index in [4.69, 9.17) is 0 Å². The summed E-state index contributed by atoms with van der Waals surface area (Å²) in [6.07, 6.45) is 6.38. The van der Waals surface area contributed by atoms with E-state index in [1.807, 2.05) is 11.8 Å². The minimum absolute atomic E-state index is 0.789. The highest BCUT2D eigenvalue weighted by Gasteiger charge is 2.22. The third-order valence-corrected chi connectivity index (χ3v) is 3.80. The summed E-state index contributed by atoms with van der Waals surface area (Å²) < 4.78 is 0. The Kier molecular flexibility index (Phi) is 5.14. The fourth-order valence-corrected chi connectivity index (χ4v) is 2.63. The van der Waals surface area contributed by atoms with Gasteiger partial charge in [-0.05, 0) is 39.6 Å². The molecule has 0 bridgehead atoms. The number of thioether (sulfide) groups is 1. The molecule has 0 radical (unpaired) electrons. The highest BCUT2D eigenvalue weighted by atomic mass is 32.2. The summed E-state index contributed by atoms with van der Waals surface area (Å²) in [7, 11) is 4.25. The van der Waals surface area contributed by atoms with Crippen LogP contribution in [0, 0.1) is 0 Å². The fraction of sp³-hybridized carbons (Fsp3) is 1.00. The molecule has 2 unspecified atom stereocenters. The van der Waals surface area contributed by atoms with Crippen LogP contribution in [0.3, 0.4) is 0 Å². The molecule has 1 rings (SSSR count). The lowest BCUT2D eigenvalue weighted by Gasteiger charge is -2.15. The monoisotopic (exact) mass is 202 g/mol. The Hall–Kier alpha value is 0.270. The van der Waals surface area contributed by atoms with Gasteiger partial charge in [0.2, 0.25) is 0 Å². The summed E-state index contributed by atoms with van der Waals surface area (Å²) in [6, 6.07) is 0.789. The average molecular weight is 202 g/mol. The van der Waals surface area contributed by atoms with E-state index in [0.717, 1.165) is 24.4 Å². The molecule has 0 amide bonds. The Bertz CT molecular complexity index is 139. The topological polar surface area (TPSA) is 15.3 Å². The second-order valence-corrected chi connectivity index (χ2v) is 5.26. The Morgan fingerprint density at radius 2 is 2.15 bits per heavy atom. The molecule has 1 saturated carbocycles. The van der Waals surface area contributed by atoms with E-state index in [1.165, 1.54) is 19.3 Å². The summed E-state index contributed by atoms with van der Waals surface area (Å²) in [5.41, 5.74) is 0. The molecule has 3 heteroatoms. The molecule has 0 saturated heterocycles. The summed E-state index contributed by atoms with van der Waals surface area (Å²) >= 11 is 2.03. The smallest absolute Gasteiger partial charge is 0.0101 e. The molecule has 0 aromatic carbocycles. The highest BCUT2D eigenvalue weighted by Crippen LogP contribution is 2.27. The van der Waals surface area contributed by atoms with E-state index in [-0.39, 0.29) is 0 Å². The molecular formula is C10H22N2S. The predicted octanol–water partition coefficient (Wildman–Crippen LogP) is 1.42. The van der Waals surface area contributed by atoms with Crippen LogP contribution in [0.15, 0.2) is 0 Å². The molecule has 0 aromatic heterocycles. The Balaban J connectivity index is 2.03. The van der Waals surface area contributed by atoms with Crippen LogP contribution in [0.25, 0.3) is 0 Å². The van der Waals surface area contributed by atoms with Gasteiger partial charge in [-0.25, -0.2) is 0 Å². The van der Waals surface area contributed by atoms with Crippen molar-refractivity contribution >= 4 is 11.8 Å². The quantitative estimate of drug-likeness (QED) is 0.726. The van der Waals surface area contributed by atoms with Crippen LogP contribution < -0.4 is 5.32 Å². The van der Waals surface area contributed by atoms with Crippen molar-refractivity contribution < 1.29 is 0 Å². The van der Waals surface area contributed by atoms with Crippen molar-refractivity contribution in [2.45, 2.75) is 30.6 Å². The van der Waals surface area contributed by atoms with Crippen LogP contribution in [0.1, 0.15) is 19.3 Å². The molecule has 78 valence electrons. The molecule has 13 heavy (non-hydrogen) atoms. The largest absolute Gasteiger partial charge is 0.313 e. The van der Waals surface area contributed by atoms with Gasteiger partial charge in [0.25, 0.3) is 0 Å². The summed E-state index contributed by atoms with van der Waals surface area (Å²) in [5, 5.41) is 4.54. The first-order valence-electron chi connectivity index (χ1n) is 5.13. The molecule has 1 fully saturated rings. The van der Waals surface area contributed by atoms with Crippen molar-refractivity contribution in [1.29, 1.82) is 0 Å². The summed E-state index contributed by atoms with van der Waals surface area (Å²) in [6.45, 7) is 2.29. The van der Waals surface area contributed by atoms with E-state index in [2.05, 4.69) is 30.6 Å². The second kappa shape index (κ2) is 5.89. The van der Waals surface area contributed by atoms with Gasteiger partial charge in [-0.2, -0.15) is 11.8 Å². The zero-order valence-electron chi connectivity index (χ0n) is 9.05. The standard InChI is InChI=1S/C10H22N2S/c1-12(2)7-6-11-9-4-5-10(8-9)13-3/h9-11H,4-8H2,1-3H3. The van der Waals surface area contributed by atoms with Gasteiger partial charge in [0.15, 0.2) is 0 Å². The van der Waals surface area contributed by atoms with Crippen LogP contribution in [0.5, 0.6) is 0 Å². The first kappa shape index (κ1) is 11.3. The first-order chi connectivity index (χ1) is 6.22. The summed E-state index contributed by atoms with van der Waals surface area (Å²) in [4.78, 5) is 2.23. The number of hydrogen-bond acceptors (Lipinski definition) is 3. The molecule has 1 N–H and O–H groups in total. The third kappa shape index (κ3) is 4.34. The van der Waals surface area contributed by atoms with Crippen LogP contribution in [-0.4, -0.2) is 49.6 Å². The van der Waals surface area contributed by atoms with Crippen molar-refractivity contribution in [1.82, 2.24) is 10.2 Å². The van der Waals surface area contributed by atoms with Gasteiger partial charge in [0.05, 0.1) is 0 Å². The molecule has 0 spiro atoms. The molecule has 1 aliphatic rings. The van der Waals surface area contributed by atoms with Gasteiger partial charge in [-0.1, -0.05) is 0 Å². The van der Waals surface area contributed by atoms with E-state index >= 15 is 0 Å². The van der Waals surface area contributed by atoms with Crippen molar-refractivity contribution in [3.63, 3.8) is 0 Å². The lowest BCUT2D eigenvalue weighted by Crippen LogP contribution is -2.33. The van der Waals surface area contributed by atoms with E-state index in [1.54, 1.807) is 0 Å². The Labute approximate surface area is 86.5 Å². The van der Waals surface area contributed by atoms with Crippen molar-refractivity contribution in [3.8, 4) is 0 Å². The van der Waals surface area contributed by atoms with Crippen LogP contribution >= 0.6 is 11.8 Å². The van der Waals surface area contributed by atoms with Gasteiger partial charge in [-0.3, -0.25) is 0 Å². The number of nitrogens with one attached hydrogen (secondary N) is 1. The van der Waals surface area contributed by atoms with Gasteiger partial charge >= 0.3 is 0 Å². The zero-order valence-corrected chi connectivity index (χ0v) is 9.86. The molecule has 2 nitrogen and oxygen atoms in total. The van der Waals surface area contributed by atoms with Crippen molar-refractivity contribution in [2.75, 3.05) is 33.4 Å². The number of likely N-dealkylation sites (N-methyl/N-ethyl adjacent to an activating group) is 1. The van der Waals surface area contributed by atoms with E-state index < -0.39 is 0 Å². The van der Waals surface area contributed by atoms with Gasteiger partial charge in [-0.15, -0.1) is 0 Å². The molecule has 0 aliphatic heterocycles. The van der Waals surface area contributed by atoms with Gasteiger partial charge < -0.3 is 10.2 Å². The molecule has 0 aromatic rings.